The zero-order valence-electron chi connectivity index (χ0n) is 7.75. The van der Waals surface area contributed by atoms with E-state index in [1.54, 1.807) is 12.2 Å². The minimum atomic E-state index is 0.643. The second kappa shape index (κ2) is 6.42. The highest BCUT2D eigenvalue weighted by Crippen LogP contribution is 2.02. The van der Waals surface area contributed by atoms with Gasteiger partial charge in [0.25, 0.3) is 0 Å². The maximum Gasteiger partial charge on any atom is 0.0991 e. The molecule has 64 valence electrons. The van der Waals surface area contributed by atoms with Crippen LogP contribution in [0.4, 0.5) is 0 Å². The molecule has 0 aliphatic rings. The molecule has 1 heteroatoms. The third-order valence-corrected chi connectivity index (χ3v) is 1.33. The number of nitriles is 1. The first-order valence-corrected chi connectivity index (χ1v) is 4.10. The molecule has 0 saturated heterocycles. The predicted octanol–water partition coefficient (Wildman–Crippen LogP) is 3.22. The van der Waals surface area contributed by atoms with Crippen molar-refractivity contribution in [2.45, 2.75) is 20.3 Å². The summed E-state index contributed by atoms with van der Waals surface area (Å²) in [5, 5.41) is 8.61. The summed E-state index contributed by atoms with van der Waals surface area (Å²) in [6, 6.07) is 2.08. The molecule has 0 aliphatic carbocycles. The smallest absolute Gasteiger partial charge is 0.0991 e. The fourth-order valence-electron chi connectivity index (χ4n) is 0.724. The van der Waals surface area contributed by atoms with Crippen molar-refractivity contribution in [2.24, 2.45) is 5.92 Å². The van der Waals surface area contributed by atoms with E-state index in [1.807, 2.05) is 12.2 Å². The highest BCUT2D eigenvalue weighted by molar-refractivity contribution is 5.35. The van der Waals surface area contributed by atoms with Gasteiger partial charge in [-0.2, -0.15) is 5.26 Å². The van der Waals surface area contributed by atoms with Gasteiger partial charge in [-0.3, -0.25) is 0 Å². The molecule has 0 heterocycles. The molecule has 0 aromatic rings. The van der Waals surface area contributed by atoms with Crippen LogP contribution >= 0.6 is 0 Å². The third kappa shape index (κ3) is 5.49. The van der Waals surface area contributed by atoms with Crippen molar-refractivity contribution in [3.05, 3.63) is 36.5 Å². The van der Waals surface area contributed by atoms with Crippen LogP contribution < -0.4 is 0 Å². The lowest BCUT2D eigenvalue weighted by molar-refractivity contribution is 0.663. The Morgan fingerprint density at radius 2 is 2.25 bits per heavy atom. The fraction of sp³-hybridized carbons (Fsp3) is 0.364. The van der Waals surface area contributed by atoms with Gasteiger partial charge >= 0.3 is 0 Å². The van der Waals surface area contributed by atoms with Crippen LogP contribution in [-0.2, 0) is 0 Å². The lowest BCUT2D eigenvalue weighted by Gasteiger charge is -1.95. The lowest BCUT2D eigenvalue weighted by atomic mass is 10.1. The van der Waals surface area contributed by atoms with Crippen molar-refractivity contribution < 1.29 is 0 Å². The number of allylic oxidation sites excluding steroid dienone is 5. The fourth-order valence-corrected chi connectivity index (χ4v) is 0.724. The van der Waals surface area contributed by atoms with Gasteiger partial charge in [-0.05, 0) is 24.5 Å². The second-order valence-electron chi connectivity index (χ2n) is 3.00. The first kappa shape index (κ1) is 10.7. The molecule has 0 amide bonds. The van der Waals surface area contributed by atoms with Gasteiger partial charge < -0.3 is 0 Å². The van der Waals surface area contributed by atoms with Gasteiger partial charge in [0.2, 0.25) is 0 Å². The summed E-state index contributed by atoms with van der Waals surface area (Å²) in [5.41, 5.74) is 0.658. The molecule has 0 saturated carbocycles. The topological polar surface area (TPSA) is 23.8 Å². The molecule has 0 spiro atoms. The Kier molecular flexibility index (Phi) is 5.73. The Morgan fingerprint density at radius 1 is 1.58 bits per heavy atom. The van der Waals surface area contributed by atoms with E-state index in [9.17, 15) is 0 Å². The molecule has 0 aromatic heterocycles. The molecular formula is C11H15N. The Hall–Kier alpha value is -1.29. The minimum absolute atomic E-state index is 0.643. The Labute approximate surface area is 74.7 Å². The van der Waals surface area contributed by atoms with Crippen LogP contribution in [0.2, 0.25) is 0 Å². The molecule has 0 bridgehead atoms. The van der Waals surface area contributed by atoms with Crippen LogP contribution in [0.25, 0.3) is 0 Å². The molecular weight excluding hydrogens is 146 g/mol. The van der Waals surface area contributed by atoms with Gasteiger partial charge in [-0.25, -0.2) is 0 Å². The van der Waals surface area contributed by atoms with E-state index in [0.29, 0.717) is 11.5 Å². The number of hydrogen-bond acceptors (Lipinski definition) is 1. The van der Waals surface area contributed by atoms with Crippen LogP contribution in [0, 0.1) is 17.2 Å². The maximum atomic E-state index is 8.61. The van der Waals surface area contributed by atoms with Crippen molar-refractivity contribution in [3.63, 3.8) is 0 Å². The van der Waals surface area contributed by atoms with E-state index in [1.165, 1.54) is 0 Å². The van der Waals surface area contributed by atoms with E-state index in [4.69, 9.17) is 5.26 Å². The molecule has 0 N–H and O–H groups in total. The highest BCUT2D eigenvalue weighted by Gasteiger charge is 1.88. The summed E-state index contributed by atoms with van der Waals surface area (Å²) >= 11 is 0. The molecule has 0 atom stereocenters. The normalized spacial score (nSPS) is 12.0. The van der Waals surface area contributed by atoms with Crippen molar-refractivity contribution in [2.75, 3.05) is 0 Å². The Bertz CT molecular complexity index is 226. The van der Waals surface area contributed by atoms with E-state index in [-0.39, 0.29) is 0 Å². The zero-order chi connectivity index (χ0) is 9.40. The monoisotopic (exact) mass is 161 g/mol. The molecule has 12 heavy (non-hydrogen) atoms. The summed E-state index contributed by atoms with van der Waals surface area (Å²) in [4.78, 5) is 0. The van der Waals surface area contributed by atoms with Crippen molar-refractivity contribution in [1.82, 2.24) is 0 Å². The molecule has 0 aliphatic heterocycles. The summed E-state index contributed by atoms with van der Waals surface area (Å²) in [7, 11) is 0. The maximum absolute atomic E-state index is 8.61. The average Bonchev–Trinajstić information content (AvgIpc) is 2.02. The van der Waals surface area contributed by atoms with E-state index >= 15 is 0 Å². The zero-order valence-corrected chi connectivity index (χ0v) is 7.75. The number of hydrogen-bond donors (Lipinski definition) is 0. The predicted molar refractivity (Wildman–Crippen MR) is 52.5 cm³/mol. The van der Waals surface area contributed by atoms with E-state index < -0.39 is 0 Å². The van der Waals surface area contributed by atoms with Crippen LogP contribution in [0.5, 0.6) is 0 Å². The molecule has 0 aromatic carbocycles. The summed E-state index contributed by atoms with van der Waals surface area (Å²) in [5.74, 6) is 0.643. The van der Waals surface area contributed by atoms with Gasteiger partial charge in [0.05, 0.1) is 11.6 Å². The van der Waals surface area contributed by atoms with E-state index in [2.05, 4.69) is 26.5 Å². The summed E-state index contributed by atoms with van der Waals surface area (Å²) < 4.78 is 0. The molecule has 1 nitrogen and oxygen atoms in total. The largest absolute Gasteiger partial charge is 0.192 e. The van der Waals surface area contributed by atoms with Crippen LogP contribution in [-0.4, -0.2) is 0 Å². The molecule has 0 radical (unpaired) electrons. The van der Waals surface area contributed by atoms with Crippen LogP contribution in [0.15, 0.2) is 36.5 Å². The van der Waals surface area contributed by atoms with E-state index in [0.717, 1.165) is 6.42 Å². The summed E-state index contributed by atoms with van der Waals surface area (Å²) in [6.07, 6.45) is 8.19. The number of nitrogens with zero attached hydrogens (tertiary/aromatic N) is 1. The summed E-state index contributed by atoms with van der Waals surface area (Å²) in [6.45, 7) is 7.82. The van der Waals surface area contributed by atoms with Gasteiger partial charge in [0.1, 0.15) is 0 Å². The second-order valence-corrected chi connectivity index (χ2v) is 3.00. The molecule has 0 unspecified atom stereocenters. The average molecular weight is 161 g/mol. The van der Waals surface area contributed by atoms with Gasteiger partial charge in [0.15, 0.2) is 0 Å². The first-order valence-electron chi connectivity index (χ1n) is 4.10. The first-order chi connectivity index (χ1) is 5.70. The lowest BCUT2D eigenvalue weighted by Crippen LogP contribution is -1.81. The van der Waals surface area contributed by atoms with Crippen LogP contribution in [0.3, 0.4) is 0 Å². The number of rotatable bonds is 4. The van der Waals surface area contributed by atoms with Crippen LogP contribution in [0.1, 0.15) is 20.3 Å². The highest BCUT2D eigenvalue weighted by atomic mass is 14.2. The molecule has 0 fully saturated rings. The third-order valence-electron chi connectivity index (χ3n) is 1.33. The van der Waals surface area contributed by atoms with Crippen molar-refractivity contribution in [3.8, 4) is 6.07 Å². The van der Waals surface area contributed by atoms with Gasteiger partial charge in [-0.1, -0.05) is 32.6 Å². The van der Waals surface area contributed by atoms with Gasteiger partial charge in [0, 0.05) is 0 Å². The van der Waals surface area contributed by atoms with Gasteiger partial charge in [-0.15, -0.1) is 0 Å². The Morgan fingerprint density at radius 3 is 2.67 bits per heavy atom. The van der Waals surface area contributed by atoms with Crippen molar-refractivity contribution in [1.29, 1.82) is 5.26 Å². The Balaban J connectivity index is 4.05. The molecule has 0 rings (SSSR count). The minimum Gasteiger partial charge on any atom is -0.192 e. The SMILES string of the molecule is C=C/C=C(C#N)\C=C/CC(C)C. The van der Waals surface area contributed by atoms with Crippen molar-refractivity contribution >= 4 is 0 Å². The standard InChI is InChI=1S/C11H15N/c1-4-6-11(9-12)8-5-7-10(2)3/h4-6,8,10H,1,7H2,2-3H3/b8-5-,11-6+. The quantitative estimate of drug-likeness (QED) is 0.458.